The van der Waals surface area contributed by atoms with Crippen LogP contribution in [-0.4, -0.2) is 55.2 Å². The van der Waals surface area contributed by atoms with Gasteiger partial charge in [0.05, 0.1) is 23.4 Å². The summed E-state index contributed by atoms with van der Waals surface area (Å²) in [4.78, 5) is 22.2. The van der Waals surface area contributed by atoms with E-state index in [1.807, 2.05) is 0 Å². The Hall–Kier alpha value is -2.35. The molecule has 1 aromatic heterocycles. The van der Waals surface area contributed by atoms with E-state index >= 15 is 0 Å². The lowest BCUT2D eigenvalue weighted by molar-refractivity contribution is 0.0376. The van der Waals surface area contributed by atoms with Crippen LogP contribution in [0.25, 0.3) is 10.2 Å². The maximum absolute atomic E-state index is 13.4. The first-order valence-corrected chi connectivity index (χ1v) is 11.1. The number of rotatable bonds is 6. The molecular formula is C23H26FN3O2S. The van der Waals surface area contributed by atoms with Gasteiger partial charge < -0.3 is 4.74 Å². The van der Waals surface area contributed by atoms with Crippen LogP contribution in [-0.2, 0) is 4.74 Å². The molecule has 7 heteroatoms. The molecule has 3 aromatic rings. The third-order valence-electron chi connectivity index (χ3n) is 5.34. The molecule has 1 fully saturated rings. The molecule has 0 bridgehead atoms. The zero-order valence-electron chi connectivity index (χ0n) is 17.4. The van der Waals surface area contributed by atoms with Gasteiger partial charge >= 0.3 is 0 Å². The van der Waals surface area contributed by atoms with Crippen LogP contribution < -0.4 is 4.90 Å². The smallest absolute Gasteiger partial charge is 0.260 e. The van der Waals surface area contributed by atoms with Crippen molar-refractivity contribution in [2.24, 2.45) is 0 Å². The zero-order chi connectivity index (χ0) is 21.1. The Labute approximate surface area is 180 Å². The fourth-order valence-electron chi connectivity index (χ4n) is 3.79. The highest BCUT2D eigenvalue weighted by Gasteiger charge is 2.22. The lowest BCUT2D eigenvalue weighted by atomic mass is 10.1. The van der Waals surface area contributed by atoms with E-state index < -0.39 is 0 Å². The number of morpholine rings is 1. The zero-order valence-corrected chi connectivity index (χ0v) is 18.2. The molecule has 0 spiro atoms. The fourth-order valence-corrected chi connectivity index (χ4v) is 4.83. The minimum Gasteiger partial charge on any atom is -0.379 e. The number of anilines is 1. The second-order valence-corrected chi connectivity index (χ2v) is 8.68. The summed E-state index contributed by atoms with van der Waals surface area (Å²) < 4.78 is 19.9. The van der Waals surface area contributed by atoms with Crippen molar-refractivity contribution in [3.63, 3.8) is 0 Å². The molecule has 158 valence electrons. The first kappa shape index (κ1) is 20.9. The number of ether oxygens (including phenoxy) is 1. The van der Waals surface area contributed by atoms with Crippen LogP contribution in [0.15, 0.2) is 36.4 Å². The molecule has 1 saturated heterocycles. The second kappa shape index (κ2) is 9.20. The van der Waals surface area contributed by atoms with Gasteiger partial charge in [0.2, 0.25) is 0 Å². The molecule has 30 heavy (non-hydrogen) atoms. The minimum absolute atomic E-state index is 0.148. The summed E-state index contributed by atoms with van der Waals surface area (Å²) in [5, 5.41) is 0.690. The summed E-state index contributed by atoms with van der Waals surface area (Å²) in [5.74, 6) is -0.498. The van der Waals surface area contributed by atoms with Crippen LogP contribution >= 0.6 is 11.3 Å². The lowest BCUT2D eigenvalue weighted by Crippen LogP contribution is -2.39. The molecular weight excluding hydrogens is 401 g/mol. The van der Waals surface area contributed by atoms with Crippen LogP contribution in [0.1, 0.15) is 27.9 Å². The standard InChI is InChI=1S/C23H26FN3O2S/c1-16-14-17(2)21-20(15-16)25-23(30-21)27(9-3-8-26-10-12-29-13-11-26)22(28)18-4-6-19(24)7-5-18/h4-7,14-15H,3,8-13H2,1-2H3. The number of thiazole rings is 1. The normalized spacial score (nSPS) is 14.9. The number of carbonyl (C=O) groups excluding carboxylic acids is 1. The highest BCUT2D eigenvalue weighted by molar-refractivity contribution is 7.22. The molecule has 2 heterocycles. The van der Waals surface area contributed by atoms with Crippen molar-refractivity contribution >= 4 is 32.6 Å². The van der Waals surface area contributed by atoms with E-state index in [9.17, 15) is 9.18 Å². The number of aryl methyl sites for hydroxylation is 2. The predicted octanol–water partition coefficient (Wildman–Crippen LogP) is 4.42. The highest BCUT2D eigenvalue weighted by Crippen LogP contribution is 2.33. The van der Waals surface area contributed by atoms with Gasteiger partial charge in [-0.3, -0.25) is 14.6 Å². The van der Waals surface area contributed by atoms with Gasteiger partial charge in [-0.15, -0.1) is 0 Å². The molecule has 0 N–H and O–H groups in total. The molecule has 4 rings (SSSR count). The fraction of sp³-hybridized carbons (Fsp3) is 0.391. The van der Waals surface area contributed by atoms with Crippen LogP contribution in [0.5, 0.6) is 0 Å². The number of benzene rings is 2. The molecule has 5 nitrogen and oxygen atoms in total. The van der Waals surface area contributed by atoms with Gasteiger partial charge in [0, 0.05) is 31.7 Å². The van der Waals surface area contributed by atoms with E-state index in [2.05, 4.69) is 30.9 Å². The van der Waals surface area contributed by atoms with E-state index in [1.54, 1.807) is 4.90 Å². The Balaban J connectivity index is 1.59. The van der Waals surface area contributed by atoms with E-state index in [1.165, 1.54) is 35.6 Å². The number of halogens is 1. The van der Waals surface area contributed by atoms with Crippen molar-refractivity contribution < 1.29 is 13.9 Å². The van der Waals surface area contributed by atoms with Gasteiger partial charge in [0.25, 0.3) is 5.91 Å². The Bertz CT molecular complexity index is 1030. The molecule has 1 aliphatic rings. The van der Waals surface area contributed by atoms with Crippen molar-refractivity contribution in [2.75, 3.05) is 44.3 Å². The molecule has 1 amide bonds. The first-order valence-electron chi connectivity index (χ1n) is 10.3. The first-order chi connectivity index (χ1) is 14.5. The summed E-state index contributed by atoms with van der Waals surface area (Å²) in [6.45, 7) is 8.95. The van der Waals surface area contributed by atoms with Crippen molar-refractivity contribution in [1.29, 1.82) is 0 Å². The minimum atomic E-state index is -0.350. The summed E-state index contributed by atoms with van der Waals surface area (Å²) in [6, 6.07) is 9.91. The predicted molar refractivity (Wildman–Crippen MR) is 119 cm³/mol. The molecule has 1 aliphatic heterocycles. The molecule has 0 saturated carbocycles. The third kappa shape index (κ3) is 4.69. The maximum atomic E-state index is 13.4. The third-order valence-corrected chi connectivity index (χ3v) is 6.57. The van der Waals surface area contributed by atoms with Crippen LogP contribution in [0.2, 0.25) is 0 Å². The van der Waals surface area contributed by atoms with E-state index in [0.29, 0.717) is 17.2 Å². The molecule has 0 atom stereocenters. The van der Waals surface area contributed by atoms with Crippen molar-refractivity contribution in [1.82, 2.24) is 9.88 Å². The van der Waals surface area contributed by atoms with Gasteiger partial charge in [-0.2, -0.15) is 0 Å². The van der Waals surface area contributed by atoms with Crippen molar-refractivity contribution in [2.45, 2.75) is 20.3 Å². The molecule has 0 unspecified atom stereocenters. The molecule has 2 aromatic carbocycles. The SMILES string of the molecule is Cc1cc(C)c2sc(N(CCCN3CCOCC3)C(=O)c3ccc(F)cc3)nc2c1. The topological polar surface area (TPSA) is 45.7 Å². The molecule has 0 aliphatic carbocycles. The largest absolute Gasteiger partial charge is 0.379 e. The number of hydrogen-bond donors (Lipinski definition) is 0. The number of aromatic nitrogens is 1. The highest BCUT2D eigenvalue weighted by atomic mass is 32.1. The van der Waals surface area contributed by atoms with E-state index in [0.717, 1.165) is 60.6 Å². The Morgan fingerprint density at radius 3 is 2.67 bits per heavy atom. The van der Waals surface area contributed by atoms with Crippen molar-refractivity contribution in [3.8, 4) is 0 Å². The summed E-state index contributed by atoms with van der Waals surface area (Å²) >= 11 is 1.54. The van der Waals surface area contributed by atoms with Crippen LogP contribution in [0.3, 0.4) is 0 Å². The van der Waals surface area contributed by atoms with Crippen LogP contribution in [0, 0.1) is 19.7 Å². The van der Waals surface area contributed by atoms with Crippen molar-refractivity contribution in [3.05, 3.63) is 58.9 Å². The Morgan fingerprint density at radius 2 is 1.93 bits per heavy atom. The summed E-state index contributed by atoms with van der Waals surface area (Å²) in [6.07, 6.45) is 0.834. The number of hydrogen-bond acceptors (Lipinski definition) is 5. The Morgan fingerprint density at radius 1 is 1.20 bits per heavy atom. The lowest BCUT2D eigenvalue weighted by Gasteiger charge is -2.27. The average Bonchev–Trinajstić information content (AvgIpc) is 3.16. The van der Waals surface area contributed by atoms with Gasteiger partial charge in [0.1, 0.15) is 5.82 Å². The number of amides is 1. The quantitative estimate of drug-likeness (QED) is 0.584. The molecule has 0 radical (unpaired) electrons. The van der Waals surface area contributed by atoms with Gasteiger partial charge in [-0.05, 0) is 61.7 Å². The van der Waals surface area contributed by atoms with Crippen LogP contribution in [0.4, 0.5) is 9.52 Å². The van der Waals surface area contributed by atoms with E-state index in [4.69, 9.17) is 9.72 Å². The maximum Gasteiger partial charge on any atom is 0.260 e. The summed E-state index contributed by atoms with van der Waals surface area (Å²) in [7, 11) is 0. The summed E-state index contributed by atoms with van der Waals surface area (Å²) in [5.41, 5.74) is 3.70. The number of carbonyl (C=O) groups is 1. The monoisotopic (exact) mass is 427 g/mol. The second-order valence-electron chi connectivity index (χ2n) is 7.70. The number of nitrogens with zero attached hydrogens (tertiary/aromatic N) is 3. The average molecular weight is 428 g/mol. The van der Waals surface area contributed by atoms with Gasteiger partial charge in [0.15, 0.2) is 5.13 Å². The Kier molecular flexibility index (Phi) is 6.41. The van der Waals surface area contributed by atoms with Gasteiger partial charge in [-0.25, -0.2) is 9.37 Å². The van der Waals surface area contributed by atoms with Gasteiger partial charge in [-0.1, -0.05) is 17.4 Å². The number of fused-ring (bicyclic) bond motifs is 1. The van der Waals surface area contributed by atoms with E-state index in [-0.39, 0.29) is 11.7 Å².